The number of nitrogens with zero attached hydrogens (tertiary/aromatic N) is 1. The van der Waals surface area contributed by atoms with Crippen LogP contribution in [0.4, 0.5) is 5.82 Å². The van der Waals surface area contributed by atoms with Gasteiger partial charge >= 0.3 is 0 Å². The molecule has 0 radical (unpaired) electrons. The van der Waals surface area contributed by atoms with Crippen molar-refractivity contribution in [3.63, 3.8) is 0 Å². The maximum Gasteiger partial charge on any atom is 0.153 e. The first-order chi connectivity index (χ1) is 8.13. The molecular formula is C12H13Cl2N3. The fourth-order valence-electron chi connectivity index (χ4n) is 1.80. The van der Waals surface area contributed by atoms with Crippen molar-refractivity contribution in [3.05, 3.63) is 33.9 Å². The number of nitrogens with two attached hydrogens (primary N) is 1. The van der Waals surface area contributed by atoms with Gasteiger partial charge in [-0.3, -0.25) is 5.10 Å². The second-order valence-electron chi connectivity index (χ2n) is 3.84. The van der Waals surface area contributed by atoms with E-state index in [1.807, 2.05) is 12.1 Å². The van der Waals surface area contributed by atoms with Crippen LogP contribution < -0.4 is 5.73 Å². The van der Waals surface area contributed by atoms with E-state index in [9.17, 15) is 0 Å². The van der Waals surface area contributed by atoms with Crippen molar-refractivity contribution >= 4 is 29.0 Å². The second-order valence-corrected chi connectivity index (χ2v) is 4.66. The molecule has 1 heterocycles. The van der Waals surface area contributed by atoms with Crippen molar-refractivity contribution in [2.75, 3.05) is 5.73 Å². The number of nitrogens with one attached hydrogen (secondary N) is 1. The van der Waals surface area contributed by atoms with Crippen LogP contribution in [0.1, 0.15) is 19.0 Å². The summed E-state index contributed by atoms with van der Waals surface area (Å²) in [6.07, 6.45) is 1.93. The lowest BCUT2D eigenvalue weighted by Crippen LogP contribution is -1.91. The Kier molecular flexibility index (Phi) is 3.60. The second kappa shape index (κ2) is 4.98. The van der Waals surface area contributed by atoms with Gasteiger partial charge in [-0.05, 0) is 24.1 Å². The van der Waals surface area contributed by atoms with Gasteiger partial charge in [-0.1, -0.05) is 42.6 Å². The molecule has 5 heteroatoms. The standard InChI is InChI=1S/C12H13Cl2N3/c1-2-3-10-11(12(15)17-16-10)7-4-5-8(13)9(14)6-7/h4-6H,2-3H2,1H3,(H3,15,16,17). The molecule has 0 aliphatic heterocycles. The molecular weight excluding hydrogens is 257 g/mol. The lowest BCUT2D eigenvalue weighted by atomic mass is 10.0. The number of H-pyrrole nitrogens is 1. The van der Waals surface area contributed by atoms with E-state index in [0.29, 0.717) is 15.9 Å². The minimum atomic E-state index is 0.492. The Labute approximate surface area is 110 Å². The first kappa shape index (κ1) is 12.3. The molecule has 3 nitrogen and oxygen atoms in total. The van der Waals surface area contributed by atoms with Gasteiger partial charge in [0.25, 0.3) is 0 Å². The van der Waals surface area contributed by atoms with Gasteiger partial charge in [0, 0.05) is 11.3 Å². The van der Waals surface area contributed by atoms with Gasteiger partial charge in [0.05, 0.1) is 10.0 Å². The highest BCUT2D eigenvalue weighted by molar-refractivity contribution is 6.42. The summed E-state index contributed by atoms with van der Waals surface area (Å²) in [5.41, 5.74) is 8.76. The van der Waals surface area contributed by atoms with Gasteiger partial charge in [0.2, 0.25) is 0 Å². The fraction of sp³-hybridized carbons (Fsp3) is 0.250. The summed E-state index contributed by atoms with van der Waals surface area (Å²) in [5, 5.41) is 8.05. The van der Waals surface area contributed by atoms with E-state index >= 15 is 0 Å². The van der Waals surface area contributed by atoms with Crippen molar-refractivity contribution in [1.82, 2.24) is 10.2 Å². The number of aromatic amines is 1. The molecule has 0 amide bonds. The number of hydrogen-bond acceptors (Lipinski definition) is 2. The van der Waals surface area contributed by atoms with Crippen molar-refractivity contribution in [3.8, 4) is 11.1 Å². The summed E-state index contributed by atoms with van der Waals surface area (Å²) in [7, 11) is 0. The van der Waals surface area contributed by atoms with Crippen LogP contribution in [0.15, 0.2) is 18.2 Å². The number of nitrogen functional groups attached to an aromatic ring is 1. The average molecular weight is 270 g/mol. The Balaban J connectivity index is 2.51. The smallest absolute Gasteiger partial charge is 0.153 e. The molecule has 3 N–H and O–H groups in total. The summed E-state index contributed by atoms with van der Waals surface area (Å²) < 4.78 is 0. The van der Waals surface area contributed by atoms with Gasteiger partial charge < -0.3 is 5.73 Å². The van der Waals surface area contributed by atoms with E-state index in [4.69, 9.17) is 28.9 Å². The third kappa shape index (κ3) is 2.40. The minimum absolute atomic E-state index is 0.492. The third-order valence-electron chi connectivity index (χ3n) is 2.58. The molecule has 2 rings (SSSR count). The van der Waals surface area contributed by atoms with Crippen molar-refractivity contribution in [2.45, 2.75) is 19.8 Å². The maximum atomic E-state index is 6.01. The summed E-state index contributed by atoms with van der Waals surface area (Å²) >= 11 is 11.9. The van der Waals surface area contributed by atoms with Gasteiger partial charge in [-0.15, -0.1) is 0 Å². The Morgan fingerprint density at radius 3 is 2.71 bits per heavy atom. The molecule has 0 bridgehead atoms. The molecule has 0 aliphatic carbocycles. The highest BCUT2D eigenvalue weighted by Gasteiger charge is 2.13. The SMILES string of the molecule is CCCc1[nH]nc(N)c1-c1ccc(Cl)c(Cl)c1. The number of anilines is 1. The Hall–Kier alpha value is -1.19. The van der Waals surface area contributed by atoms with Crippen LogP contribution in [-0.4, -0.2) is 10.2 Å². The van der Waals surface area contributed by atoms with Crippen molar-refractivity contribution in [1.29, 1.82) is 0 Å². The van der Waals surface area contributed by atoms with Crippen LogP contribution in [0, 0.1) is 0 Å². The summed E-state index contributed by atoms with van der Waals surface area (Å²) in [6.45, 7) is 2.11. The predicted molar refractivity (Wildman–Crippen MR) is 72.5 cm³/mol. The molecule has 0 atom stereocenters. The van der Waals surface area contributed by atoms with Crippen LogP contribution >= 0.6 is 23.2 Å². The van der Waals surface area contributed by atoms with E-state index in [1.165, 1.54) is 0 Å². The van der Waals surface area contributed by atoms with Crippen LogP contribution in [-0.2, 0) is 6.42 Å². The van der Waals surface area contributed by atoms with Crippen molar-refractivity contribution < 1.29 is 0 Å². The average Bonchev–Trinajstić information content (AvgIpc) is 2.65. The van der Waals surface area contributed by atoms with Crippen LogP contribution in [0.3, 0.4) is 0 Å². The lowest BCUT2D eigenvalue weighted by molar-refractivity contribution is 0.869. The molecule has 0 aliphatic rings. The monoisotopic (exact) mass is 269 g/mol. The third-order valence-corrected chi connectivity index (χ3v) is 3.32. The zero-order chi connectivity index (χ0) is 12.4. The first-order valence-electron chi connectivity index (χ1n) is 5.41. The zero-order valence-corrected chi connectivity index (χ0v) is 10.9. The molecule has 0 spiro atoms. The quantitative estimate of drug-likeness (QED) is 0.888. The number of halogens is 2. The maximum absolute atomic E-state index is 6.01. The molecule has 0 saturated heterocycles. The van der Waals surface area contributed by atoms with E-state index < -0.39 is 0 Å². The molecule has 0 unspecified atom stereocenters. The number of benzene rings is 1. The zero-order valence-electron chi connectivity index (χ0n) is 9.43. The van der Waals surface area contributed by atoms with Gasteiger partial charge in [0.1, 0.15) is 0 Å². The summed E-state index contributed by atoms with van der Waals surface area (Å²) in [5.74, 6) is 0.492. The fourth-order valence-corrected chi connectivity index (χ4v) is 2.10. The van der Waals surface area contributed by atoms with E-state index in [-0.39, 0.29) is 0 Å². The minimum Gasteiger partial charge on any atom is -0.382 e. The molecule has 17 heavy (non-hydrogen) atoms. The van der Waals surface area contributed by atoms with Crippen LogP contribution in [0.2, 0.25) is 10.0 Å². The highest BCUT2D eigenvalue weighted by Crippen LogP contribution is 2.33. The van der Waals surface area contributed by atoms with E-state index in [0.717, 1.165) is 29.7 Å². The topological polar surface area (TPSA) is 54.7 Å². The van der Waals surface area contributed by atoms with Gasteiger partial charge in [-0.2, -0.15) is 5.10 Å². The van der Waals surface area contributed by atoms with Crippen molar-refractivity contribution in [2.24, 2.45) is 0 Å². The van der Waals surface area contributed by atoms with E-state index in [2.05, 4.69) is 17.1 Å². The Morgan fingerprint density at radius 1 is 1.29 bits per heavy atom. The molecule has 0 saturated carbocycles. The molecule has 1 aromatic heterocycles. The molecule has 0 fully saturated rings. The normalized spacial score (nSPS) is 10.8. The number of hydrogen-bond donors (Lipinski definition) is 2. The predicted octanol–water partition coefficient (Wildman–Crippen LogP) is 3.92. The molecule has 2 aromatic rings. The van der Waals surface area contributed by atoms with Gasteiger partial charge in [-0.25, -0.2) is 0 Å². The summed E-state index contributed by atoms with van der Waals surface area (Å²) in [4.78, 5) is 0. The molecule has 90 valence electrons. The Bertz CT molecular complexity index is 535. The number of rotatable bonds is 3. The number of aromatic nitrogens is 2. The van der Waals surface area contributed by atoms with Crippen LogP contribution in [0.5, 0.6) is 0 Å². The van der Waals surface area contributed by atoms with Gasteiger partial charge in [0.15, 0.2) is 5.82 Å². The Morgan fingerprint density at radius 2 is 2.06 bits per heavy atom. The van der Waals surface area contributed by atoms with Crippen LogP contribution in [0.25, 0.3) is 11.1 Å². The molecule has 1 aromatic carbocycles. The first-order valence-corrected chi connectivity index (χ1v) is 6.17. The number of aryl methyl sites for hydroxylation is 1. The van der Waals surface area contributed by atoms with E-state index in [1.54, 1.807) is 6.07 Å². The summed E-state index contributed by atoms with van der Waals surface area (Å²) in [6, 6.07) is 5.47. The largest absolute Gasteiger partial charge is 0.382 e. The lowest BCUT2D eigenvalue weighted by Gasteiger charge is -2.05. The highest BCUT2D eigenvalue weighted by atomic mass is 35.5.